The van der Waals surface area contributed by atoms with Crippen LogP contribution < -0.4 is 20.4 Å². The summed E-state index contributed by atoms with van der Waals surface area (Å²) in [6.07, 6.45) is -0.0460. The quantitative estimate of drug-likeness (QED) is 0.215. The van der Waals surface area contributed by atoms with Crippen molar-refractivity contribution in [3.63, 3.8) is 0 Å². The summed E-state index contributed by atoms with van der Waals surface area (Å²) in [7, 11) is 0. The van der Waals surface area contributed by atoms with Gasteiger partial charge in [0.25, 0.3) is 0 Å². The maximum absolute atomic E-state index is 3.77. The van der Waals surface area contributed by atoms with Gasteiger partial charge in [-0.2, -0.15) is 0 Å². The number of anilines is 8. The van der Waals surface area contributed by atoms with Crippen LogP contribution in [-0.2, 0) is 0 Å². The van der Waals surface area contributed by atoms with Gasteiger partial charge in [-0.05, 0) is 72.3 Å². The second kappa shape index (κ2) is 10.9. The van der Waals surface area contributed by atoms with E-state index in [1.165, 1.54) is 5.56 Å². The first-order chi connectivity index (χ1) is 20.3. The van der Waals surface area contributed by atoms with Gasteiger partial charge in [-0.15, -0.1) is 0 Å². The second-order valence-electron chi connectivity index (χ2n) is 10.1. The SMILES string of the molecule is c1ccc(Nc2cc(N(c3ccccc3)c3ccccc3)cc(N3c4ccccc4NC3c3ccccc3)c2)cc1. The number of benzene rings is 6. The number of nitrogens with one attached hydrogen (secondary N) is 2. The lowest BCUT2D eigenvalue weighted by Crippen LogP contribution is -2.23. The zero-order valence-corrected chi connectivity index (χ0v) is 22.6. The van der Waals surface area contributed by atoms with E-state index in [-0.39, 0.29) is 6.17 Å². The molecule has 1 unspecified atom stereocenters. The fraction of sp³-hybridized carbons (Fsp3) is 0.0270. The molecule has 0 saturated carbocycles. The van der Waals surface area contributed by atoms with Gasteiger partial charge in [-0.1, -0.05) is 97.1 Å². The Kier molecular flexibility index (Phi) is 6.56. The largest absolute Gasteiger partial charge is 0.359 e. The molecular formula is C37H30N4. The van der Waals surface area contributed by atoms with Crippen LogP contribution in [0.15, 0.2) is 164 Å². The minimum absolute atomic E-state index is 0.0460. The molecule has 0 fully saturated rings. The van der Waals surface area contributed by atoms with Gasteiger partial charge in [0, 0.05) is 28.4 Å². The van der Waals surface area contributed by atoms with Crippen molar-refractivity contribution in [2.24, 2.45) is 0 Å². The van der Waals surface area contributed by atoms with Crippen LogP contribution in [0.25, 0.3) is 0 Å². The van der Waals surface area contributed by atoms with Crippen molar-refractivity contribution in [3.05, 3.63) is 169 Å². The summed E-state index contributed by atoms with van der Waals surface area (Å²) in [6, 6.07) is 57.4. The number of nitrogens with zero attached hydrogens (tertiary/aromatic N) is 2. The monoisotopic (exact) mass is 530 g/mol. The van der Waals surface area contributed by atoms with Crippen LogP contribution in [0, 0.1) is 0 Å². The van der Waals surface area contributed by atoms with Crippen LogP contribution in [0.4, 0.5) is 45.5 Å². The van der Waals surface area contributed by atoms with Crippen LogP contribution in [0.5, 0.6) is 0 Å². The lowest BCUT2D eigenvalue weighted by Gasteiger charge is -2.31. The molecule has 4 heteroatoms. The fourth-order valence-corrected chi connectivity index (χ4v) is 5.54. The third-order valence-electron chi connectivity index (χ3n) is 7.36. The van der Waals surface area contributed by atoms with E-state index in [9.17, 15) is 0 Å². The highest BCUT2D eigenvalue weighted by atomic mass is 15.3. The number of para-hydroxylation sites is 5. The van der Waals surface area contributed by atoms with E-state index in [2.05, 4.69) is 178 Å². The molecule has 0 spiro atoms. The van der Waals surface area contributed by atoms with Gasteiger partial charge < -0.3 is 20.4 Å². The van der Waals surface area contributed by atoms with Crippen LogP contribution >= 0.6 is 0 Å². The summed E-state index contributed by atoms with van der Waals surface area (Å²) in [6.45, 7) is 0. The summed E-state index contributed by atoms with van der Waals surface area (Å²) in [5.74, 6) is 0. The Bertz CT molecular complexity index is 1700. The number of rotatable bonds is 7. The maximum Gasteiger partial charge on any atom is 0.130 e. The Balaban J connectivity index is 1.43. The van der Waals surface area contributed by atoms with Crippen molar-refractivity contribution in [1.82, 2.24) is 0 Å². The van der Waals surface area contributed by atoms with Gasteiger partial charge in [0.05, 0.1) is 17.1 Å². The summed E-state index contributed by atoms with van der Waals surface area (Å²) in [5, 5.41) is 7.44. The summed E-state index contributed by atoms with van der Waals surface area (Å²) >= 11 is 0. The van der Waals surface area contributed by atoms with Crippen molar-refractivity contribution in [2.75, 3.05) is 20.4 Å². The zero-order chi connectivity index (χ0) is 27.4. The third-order valence-corrected chi connectivity index (χ3v) is 7.36. The fourth-order valence-electron chi connectivity index (χ4n) is 5.54. The molecule has 1 aliphatic rings. The van der Waals surface area contributed by atoms with E-state index in [0.29, 0.717) is 0 Å². The standard InChI is InChI=1S/C37H30N4/c1-5-15-28(16-6-1)37-39-35-23-13-14-24-36(35)41(37)34-26-30(38-29-17-7-2-8-18-29)25-33(27-34)40(31-19-9-3-10-20-31)32-21-11-4-12-22-32/h1-27,37-39H. The highest BCUT2D eigenvalue weighted by Gasteiger charge is 2.31. The predicted molar refractivity (Wildman–Crippen MR) is 172 cm³/mol. The van der Waals surface area contributed by atoms with E-state index in [1.807, 2.05) is 6.07 Å². The first kappa shape index (κ1) is 24.6. The predicted octanol–water partition coefficient (Wildman–Crippen LogP) is 10.2. The molecule has 0 amide bonds. The summed E-state index contributed by atoms with van der Waals surface area (Å²) in [5.41, 5.74) is 9.87. The Labute approximate surface area is 241 Å². The van der Waals surface area contributed by atoms with Crippen molar-refractivity contribution in [1.29, 1.82) is 0 Å². The average Bonchev–Trinajstić information content (AvgIpc) is 3.43. The van der Waals surface area contributed by atoms with Gasteiger partial charge in [-0.25, -0.2) is 0 Å². The Morgan fingerprint density at radius 1 is 0.512 bits per heavy atom. The molecule has 0 aliphatic carbocycles. The number of hydrogen-bond donors (Lipinski definition) is 2. The normalized spacial score (nSPS) is 13.8. The average molecular weight is 531 g/mol. The summed E-state index contributed by atoms with van der Waals surface area (Å²) < 4.78 is 0. The minimum Gasteiger partial charge on any atom is -0.359 e. The molecule has 0 radical (unpaired) electrons. The van der Waals surface area contributed by atoms with Crippen molar-refractivity contribution < 1.29 is 0 Å². The highest BCUT2D eigenvalue weighted by molar-refractivity contribution is 5.88. The smallest absolute Gasteiger partial charge is 0.130 e. The highest BCUT2D eigenvalue weighted by Crippen LogP contribution is 2.48. The molecule has 0 aromatic heterocycles. The lowest BCUT2D eigenvalue weighted by atomic mass is 10.1. The zero-order valence-electron chi connectivity index (χ0n) is 22.6. The molecule has 0 bridgehead atoms. The van der Waals surface area contributed by atoms with Gasteiger partial charge >= 0.3 is 0 Å². The van der Waals surface area contributed by atoms with Gasteiger partial charge in [0.1, 0.15) is 6.17 Å². The first-order valence-corrected chi connectivity index (χ1v) is 13.9. The van der Waals surface area contributed by atoms with E-state index >= 15 is 0 Å². The van der Waals surface area contributed by atoms with Crippen LogP contribution in [0.2, 0.25) is 0 Å². The molecular weight excluding hydrogens is 500 g/mol. The molecule has 2 N–H and O–H groups in total. The molecule has 6 aromatic carbocycles. The topological polar surface area (TPSA) is 30.5 Å². The first-order valence-electron chi connectivity index (χ1n) is 13.9. The second-order valence-corrected chi connectivity index (χ2v) is 10.1. The Hall–Kier alpha value is -5.48. The van der Waals surface area contributed by atoms with E-state index in [0.717, 1.165) is 45.5 Å². The van der Waals surface area contributed by atoms with Crippen molar-refractivity contribution >= 4 is 45.5 Å². The Morgan fingerprint density at radius 2 is 1.07 bits per heavy atom. The molecule has 1 aliphatic heterocycles. The Morgan fingerprint density at radius 3 is 1.73 bits per heavy atom. The van der Waals surface area contributed by atoms with Crippen LogP contribution in [0.1, 0.15) is 11.7 Å². The van der Waals surface area contributed by atoms with Crippen molar-refractivity contribution in [3.8, 4) is 0 Å². The van der Waals surface area contributed by atoms with Gasteiger partial charge in [0.15, 0.2) is 0 Å². The molecule has 6 aromatic rings. The molecule has 41 heavy (non-hydrogen) atoms. The maximum atomic E-state index is 3.77. The van der Waals surface area contributed by atoms with E-state index < -0.39 is 0 Å². The van der Waals surface area contributed by atoms with E-state index in [1.54, 1.807) is 0 Å². The van der Waals surface area contributed by atoms with Crippen LogP contribution in [0.3, 0.4) is 0 Å². The molecule has 7 rings (SSSR count). The lowest BCUT2D eigenvalue weighted by molar-refractivity contribution is 0.828. The number of hydrogen-bond acceptors (Lipinski definition) is 4. The summed E-state index contributed by atoms with van der Waals surface area (Å²) in [4.78, 5) is 4.71. The molecule has 1 heterocycles. The molecule has 4 nitrogen and oxygen atoms in total. The third kappa shape index (κ3) is 4.99. The van der Waals surface area contributed by atoms with Gasteiger partial charge in [-0.3, -0.25) is 0 Å². The van der Waals surface area contributed by atoms with E-state index in [4.69, 9.17) is 0 Å². The van der Waals surface area contributed by atoms with Crippen molar-refractivity contribution in [2.45, 2.75) is 6.17 Å². The van der Waals surface area contributed by atoms with Gasteiger partial charge in [0.2, 0.25) is 0 Å². The minimum atomic E-state index is -0.0460. The number of fused-ring (bicyclic) bond motifs is 1. The molecule has 0 saturated heterocycles. The molecule has 198 valence electrons. The van der Waals surface area contributed by atoms with Crippen LogP contribution in [-0.4, -0.2) is 0 Å². The molecule has 1 atom stereocenters.